The van der Waals surface area contributed by atoms with Crippen LogP contribution in [0, 0.1) is 5.92 Å². The number of furan rings is 1. The first-order valence-corrected chi connectivity index (χ1v) is 8.28. The van der Waals surface area contributed by atoms with E-state index in [-0.39, 0.29) is 0 Å². The third kappa shape index (κ3) is 3.64. The molecule has 0 radical (unpaired) electrons. The van der Waals surface area contributed by atoms with Crippen molar-refractivity contribution >= 4 is 0 Å². The molecule has 20 heavy (non-hydrogen) atoms. The smallest absolute Gasteiger partial charge is 0.0938 e. The molecule has 1 saturated heterocycles. The number of hydrogen-bond donors (Lipinski definition) is 1. The van der Waals surface area contributed by atoms with Crippen molar-refractivity contribution in [3.63, 3.8) is 0 Å². The molecule has 1 aliphatic heterocycles. The van der Waals surface area contributed by atoms with Gasteiger partial charge in [-0.25, -0.2) is 0 Å². The van der Waals surface area contributed by atoms with Crippen LogP contribution >= 0.6 is 0 Å². The highest BCUT2D eigenvalue weighted by molar-refractivity contribution is 5.15. The van der Waals surface area contributed by atoms with Gasteiger partial charge in [0.1, 0.15) is 0 Å². The van der Waals surface area contributed by atoms with Crippen molar-refractivity contribution in [1.82, 2.24) is 5.32 Å². The van der Waals surface area contributed by atoms with Crippen LogP contribution in [0.15, 0.2) is 23.0 Å². The third-order valence-electron chi connectivity index (χ3n) is 4.98. The Labute approximate surface area is 122 Å². The lowest BCUT2D eigenvalue weighted by Crippen LogP contribution is -2.41. The molecule has 0 amide bonds. The van der Waals surface area contributed by atoms with Crippen molar-refractivity contribution in [3.8, 4) is 0 Å². The van der Waals surface area contributed by atoms with Gasteiger partial charge in [0.05, 0.1) is 18.6 Å². The molecule has 1 aromatic rings. The van der Waals surface area contributed by atoms with E-state index in [0.717, 1.165) is 32.0 Å². The second-order valence-electron chi connectivity index (χ2n) is 6.36. The number of piperidine rings is 1. The second kappa shape index (κ2) is 7.28. The van der Waals surface area contributed by atoms with E-state index < -0.39 is 0 Å². The molecule has 3 rings (SSSR count). The average Bonchev–Trinajstić information content (AvgIpc) is 3.03. The zero-order valence-corrected chi connectivity index (χ0v) is 12.4. The van der Waals surface area contributed by atoms with Gasteiger partial charge in [0.25, 0.3) is 0 Å². The third-order valence-corrected chi connectivity index (χ3v) is 4.98. The Kier molecular flexibility index (Phi) is 5.15. The van der Waals surface area contributed by atoms with Crippen LogP contribution in [0.4, 0.5) is 0 Å². The van der Waals surface area contributed by atoms with Gasteiger partial charge in [-0.15, -0.1) is 0 Å². The highest BCUT2D eigenvalue weighted by atomic mass is 16.5. The van der Waals surface area contributed by atoms with Gasteiger partial charge in [-0.1, -0.05) is 32.1 Å². The van der Waals surface area contributed by atoms with Crippen molar-refractivity contribution in [2.45, 2.75) is 57.0 Å². The molecule has 0 spiro atoms. The molecule has 112 valence electrons. The van der Waals surface area contributed by atoms with Crippen LogP contribution in [0.25, 0.3) is 0 Å². The molecule has 1 N–H and O–H groups in total. The summed E-state index contributed by atoms with van der Waals surface area (Å²) in [5.41, 5.74) is 1.30. The van der Waals surface area contributed by atoms with E-state index in [4.69, 9.17) is 9.15 Å². The zero-order chi connectivity index (χ0) is 13.6. The van der Waals surface area contributed by atoms with Gasteiger partial charge >= 0.3 is 0 Å². The molecule has 0 bridgehead atoms. The maximum absolute atomic E-state index is 6.22. The summed E-state index contributed by atoms with van der Waals surface area (Å²) in [6.45, 7) is 2.98. The highest BCUT2D eigenvalue weighted by Gasteiger charge is 2.28. The molecule has 2 fully saturated rings. The Bertz CT molecular complexity index is 370. The van der Waals surface area contributed by atoms with Gasteiger partial charge in [0, 0.05) is 19.1 Å². The maximum Gasteiger partial charge on any atom is 0.0938 e. The molecule has 3 nitrogen and oxygen atoms in total. The first kappa shape index (κ1) is 14.2. The summed E-state index contributed by atoms with van der Waals surface area (Å²) < 4.78 is 11.5. The van der Waals surface area contributed by atoms with Crippen molar-refractivity contribution in [3.05, 3.63) is 24.2 Å². The minimum Gasteiger partial charge on any atom is -0.472 e. The number of rotatable bonds is 5. The first-order chi connectivity index (χ1) is 9.93. The topological polar surface area (TPSA) is 34.4 Å². The summed E-state index contributed by atoms with van der Waals surface area (Å²) in [6, 6.07) is 2.09. The summed E-state index contributed by atoms with van der Waals surface area (Å²) >= 11 is 0. The summed E-state index contributed by atoms with van der Waals surface area (Å²) in [5.74, 6) is 1.41. The van der Waals surface area contributed by atoms with E-state index in [1.807, 2.05) is 6.26 Å². The first-order valence-electron chi connectivity index (χ1n) is 8.28. The van der Waals surface area contributed by atoms with Gasteiger partial charge in [-0.2, -0.15) is 0 Å². The summed E-state index contributed by atoms with van der Waals surface area (Å²) in [5, 5.41) is 3.46. The van der Waals surface area contributed by atoms with Crippen LogP contribution in [-0.2, 0) is 4.74 Å². The standard InChI is InChI=1S/C17H27NO2/c1-2-4-14(5-3-1)7-11-20-17-12-18-9-6-16(17)15-8-10-19-13-15/h8,10,13-14,16-18H,1-7,9,11-12H2/t16-,17+/m0/s1. The van der Waals surface area contributed by atoms with E-state index in [1.54, 1.807) is 6.26 Å². The molecule has 0 unspecified atom stereocenters. The fourth-order valence-electron chi connectivity index (χ4n) is 3.73. The normalized spacial score (nSPS) is 28.6. The number of ether oxygens (including phenoxy) is 1. The molecule has 1 saturated carbocycles. The Morgan fingerprint density at radius 3 is 2.90 bits per heavy atom. The summed E-state index contributed by atoms with van der Waals surface area (Å²) in [7, 11) is 0. The predicted octanol–water partition coefficient (Wildman–Crippen LogP) is 3.71. The average molecular weight is 277 g/mol. The Hall–Kier alpha value is -0.800. The van der Waals surface area contributed by atoms with Crippen LogP contribution in [0.5, 0.6) is 0 Å². The van der Waals surface area contributed by atoms with Gasteiger partial charge in [-0.3, -0.25) is 0 Å². The summed E-state index contributed by atoms with van der Waals surface area (Å²) in [6.07, 6.45) is 13.5. The summed E-state index contributed by atoms with van der Waals surface area (Å²) in [4.78, 5) is 0. The van der Waals surface area contributed by atoms with Crippen LogP contribution in [0.1, 0.15) is 56.4 Å². The van der Waals surface area contributed by atoms with Crippen molar-refractivity contribution in [2.24, 2.45) is 5.92 Å². The van der Waals surface area contributed by atoms with Gasteiger partial charge in [0.15, 0.2) is 0 Å². The Morgan fingerprint density at radius 2 is 2.10 bits per heavy atom. The minimum atomic E-state index is 0.310. The quantitative estimate of drug-likeness (QED) is 0.891. The van der Waals surface area contributed by atoms with Crippen LogP contribution < -0.4 is 5.32 Å². The second-order valence-corrected chi connectivity index (χ2v) is 6.36. The lowest BCUT2D eigenvalue weighted by Gasteiger charge is -2.32. The lowest BCUT2D eigenvalue weighted by atomic mass is 9.87. The van der Waals surface area contributed by atoms with Gasteiger partial charge in [-0.05, 0) is 36.9 Å². The molecule has 1 aromatic heterocycles. The van der Waals surface area contributed by atoms with Gasteiger partial charge < -0.3 is 14.5 Å². The predicted molar refractivity (Wildman–Crippen MR) is 79.9 cm³/mol. The number of hydrogen-bond acceptors (Lipinski definition) is 3. The molecule has 0 aromatic carbocycles. The van der Waals surface area contributed by atoms with Crippen LogP contribution in [0.2, 0.25) is 0 Å². The fraction of sp³-hybridized carbons (Fsp3) is 0.765. The molecular weight excluding hydrogens is 250 g/mol. The van der Waals surface area contributed by atoms with Gasteiger partial charge in [0.2, 0.25) is 0 Å². The molecule has 3 heteroatoms. The van der Waals surface area contributed by atoms with E-state index >= 15 is 0 Å². The van der Waals surface area contributed by atoms with Crippen LogP contribution in [-0.4, -0.2) is 25.8 Å². The molecule has 2 aliphatic rings. The number of nitrogens with one attached hydrogen (secondary N) is 1. The zero-order valence-electron chi connectivity index (χ0n) is 12.4. The molecule has 2 atom stereocenters. The van der Waals surface area contributed by atoms with Crippen molar-refractivity contribution < 1.29 is 9.15 Å². The van der Waals surface area contributed by atoms with Crippen molar-refractivity contribution in [2.75, 3.05) is 19.7 Å². The van der Waals surface area contributed by atoms with E-state index in [1.165, 1.54) is 44.1 Å². The fourth-order valence-corrected chi connectivity index (χ4v) is 3.73. The lowest BCUT2D eigenvalue weighted by molar-refractivity contribution is 0.0130. The van der Waals surface area contributed by atoms with E-state index in [9.17, 15) is 0 Å². The monoisotopic (exact) mass is 277 g/mol. The van der Waals surface area contributed by atoms with E-state index in [2.05, 4.69) is 11.4 Å². The van der Waals surface area contributed by atoms with Crippen molar-refractivity contribution in [1.29, 1.82) is 0 Å². The largest absolute Gasteiger partial charge is 0.472 e. The minimum absolute atomic E-state index is 0.310. The Morgan fingerprint density at radius 1 is 1.20 bits per heavy atom. The Balaban J connectivity index is 1.47. The molecule has 1 aliphatic carbocycles. The molecule has 2 heterocycles. The van der Waals surface area contributed by atoms with E-state index in [0.29, 0.717) is 12.0 Å². The molecular formula is C17H27NO2. The maximum atomic E-state index is 6.22. The highest BCUT2D eigenvalue weighted by Crippen LogP contribution is 2.30. The SMILES string of the molecule is c1cc([C@@H]2CCNC[C@H]2OCCC2CCCCC2)co1. The van der Waals surface area contributed by atoms with Crippen LogP contribution in [0.3, 0.4) is 0 Å².